The molecule has 0 saturated carbocycles. The molecule has 2 saturated heterocycles. The molecular formula is C17H19F3N2O3S. The number of amides is 2. The van der Waals surface area contributed by atoms with Crippen molar-refractivity contribution in [2.45, 2.75) is 43.6 Å². The first-order chi connectivity index (χ1) is 12.1. The first-order valence-corrected chi connectivity index (χ1v) is 9.13. The molecule has 3 rings (SSSR count). The van der Waals surface area contributed by atoms with Gasteiger partial charge < -0.3 is 14.5 Å². The van der Waals surface area contributed by atoms with Gasteiger partial charge in [-0.2, -0.15) is 0 Å². The van der Waals surface area contributed by atoms with Gasteiger partial charge in [0.1, 0.15) is 11.8 Å². The van der Waals surface area contributed by atoms with E-state index in [9.17, 15) is 22.8 Å². The highest BCUT2D eigenvalue weighted by Gasteiger charge is 2.53. The molecule has 26 heavy (non-hydrogen) atoms. The average Bonchev–Trinajstić information content (AvgIpc) is 3.04. The van der Waals surface area contributed by atoms with Gasteiger partial charge in [0.25, 0.3) is 0 Å². The van der Waals surface area contributed by atoms with Crippen molar-refractivity contribution in [1.29, 1.82) is 0 Å². The molecule has 2 heterocycles. The molecule has 2 amide bonds. The fraction of sp³-hybridized carbons (Fsp3) is 0.529. The molecule has 2 fully saturated rings. The molecule has 142 valence electrons. The minimum absolute atomic E-state index is 0.00194. The van der Waals surface area contributed by atoms with Crippen molar-refractivity contribution >= 4 is 23.6 Å². The molecule has 0 N–H and O–H groups in total. The van der Waals surface area contributed by atoms with E-state index in [0.29, 0.717) is 17.7 Å². The minimum atomic E-state index is -4.73. The Morgan fingerprint density at radius 1 is 1.38 bits per heavy atom. The summed E-state index contributed by atoms with van der Waals surface area (Å²) in [7, 11) is 1.63. The zero-order chi connectivity index (χ0) is 19.1. The van der Waals surface area contributed by atoms with Crippen molar-refractivity contribution in [3.8, 4) is 5.75 Å². The van der Waals surface area contributed by atoms with Crippen LogP contribution in [0.15, 0.2) is 24.3 Å². The van der Waals surface area contributed by atoms with Crippen LogP contribution in [-0.2, 0) is 16.1 Å². The van der Waals surface area contributed by atoms with E-state index in [0.717, 1.165) is 6.42 Å². The number of likely N-dealkylation sites (N-methyl/N-ethyl adjacent to an activating group) is 1. The second-order valence-corrected chi connectivity index (χ2v) is 8.15. The number of carbonyl (C=O) groups excluding carboxylic acids is 2. The Balaban J connectivity index is 1.64. The van der Waals surface area contributed by atoms with Crippen LogP contribution in [0.1, 0.15) is 25.3 Å². The lowest BCUT2D eigenvalue weighted by molar-refractivity contribution is -0.274. The smallest absolute Gasteiger partial charge is 0.406 e. The molecular weight excluding hydrogens is 369 g/mol. The van der Waals surface area contributed by atoms with Gasteiger partial charge in [-0.1, -0.05) is 12.1 Å². The van der Waals surface area contributed by atoms with Crippen LogP contribution in [0.2, 0.25) is 0 Å². The van der Waals surface area contributed by atoms with E-state index in [1.54, 1.807) is 23.7 Å². The maximum Gasteiger partial charge on any atom is 0.573 e. The number of carbonyl (C=O) groups is 2. The van der Waals surface area contributed by atoms with Gasteiger partial charge in [-0.15, -0.1) is 24.9 Å². The molecule has 0 aliphatic carbocycles. The summed E-state index contributed by atoms with van der Waals surface area (Å²) < 4.78 is 40.4. The predicted octanol–water partition coefficient (Wildman–Crippen LogP) is 3.00. The molecule has 9 heteroatoms. The molecule has 0 bridgehead atoms. The van der Waals surface area contributed by atoms with Gasteiger partial charge in [0.2, 0.25) is 11.8 Å². The first kappa shape index (κ1) is 18.9. The van der Waals surface area contributed by atoms with Crippen LogP contribution in [0.4, 0.5) is 13.2 Å². The number of rotatable bonds is 4. The third-order valence-corrected chi connectivity index (χ3v) is 6.19. The third kappa shape index (κ3) is 3.77. The number of thioether (sulfide) groups is 1. The minimum Gasteiger partial charge on any atom is -0.406 e. The van der Waals surface area contributed by atoms with Crippen LogP contribution in [-0.4, -0.2) is 51.7 Å². The standard InChI is InChI=1S/C17H19F3N2O3S/c1-16-8-7-14(23)22(16)13(10-26-16)15(24)21(2)9-11-3-5-12(6-4-11)25-17(18,19)20/h3-6,13H,7-10H2,1-2H3. The summed E-state index contributed by atoms with van der Waals surface area (Å²) in [6.07, 6.45) is -3.54. The Morgan fingerprint density at radius 3 is 2.65 bits per heavy atom. The van der Waals surface area contributed by atoms with Crippen LogP contribution in [0.25, 0.3) is 0 Å². The fourth-order valence-electron chi connectivity index (χ4n) is 3.41. The van der Waals surface area contributed by atoms with Crippen molar-refractivity contribution in [3.63, 3.8) is 0 Å². The molecule has 2 aliphatic heterocycles. The maximum atomic E-state index is 12.8. The SMILES string of the molecule is CN(Cc1ccc(OC(F)(F)F)cc1)C(=O)C1CSC2(C)CCC(=O)N12. The van der Waals surface area contributed by atoms with E-state index in [1.165, 1.54) is 29.2 Å². The van der Waals surface area contributed by atoms with Crippen LogP contribution in [0.3, 0.4) is 0 Å². The molecule has 0 radical (unpaired) electrons. The van der Waals surface area contributed by atoms with Gasteiger partial charge >= 0.3 is 6.36 Å². The Hall–Kier alpha value is -1.90. The molecule has 1 aromatic rings. The molecule has 0 aromatic heterocycles. The lowest BCUT2D eigenvalue weighted by Gasteiger charge is -2.32. The second-order valence-electron chi connectivity index (χ2n) is 6.65. The van der Waals surface area contributed by atoms with Gasteiger partial charge in [-0.25, -0.2) is 0 Å². The Bertz CT molecular complexity index is 710. The zero-order valence-corrected chi connectivity index (χ0v) is 15.2. The molecule has 5 nitrogen and oxygen atoms in total. The highest BCUT2D eigenvalue weighted by Crippen LogP contribution is 2.47. The second kappa shape index (κ2) is 6.68. The van der Waals surface area contributed by atoms with Crippen molar-refractivity contribution in [2.75, 3.05) is 12.8 Å². The highest BCUT2D eigenvalue weighted by atomic mass is 32.2. The number of alkyl halides is 3. The number of benzene rings is 1. The maximum absolute atomic E-state index is 12.8. The van der Waals surface area contributed by atoms with E-state index in [2.05, 4.69) is 4.74 Å². The number of nitrogens with zero attached hydrogens (tertiary/aromatic N) is 2. The van der Waals surface area contributed by atoms with Crippen LogP contribution in [0, 0.1) is 0 Å². The van der Waals surface area contributed by atoms with Crippen molar-refractivity contribution in [3.05, 3.63) is 29.8 Å². The molecule has 0 spiro atoms. The topological polar surface area (TPSA) is 49.9 Å². The predicted molar refractivity (Wildman–Crippen MR) is 90.3 cm³/mol. The van der Waals surface area contributed by atoms with Crippen molar-refractivity contribution in [1.82, 2.24) is 9.80 Å². The molecule has 2 unspecified atom stereocenters. The number of halogens is 3. The van der Waals surface area contributed by atoms with E-state index in [4.69, 9.17) is 0 Å². The third-order valence-electron chi connectivity index (χ3n) is 4.68. The van der Waals surface area contributed by atoms with E-state index in [-0.39, 0.29) is 29.0 Å². The summed E-state index contributed by atoms with van der Waals surface area (Å²) >= 11 is 1.62. The van der Waals surface area contributed by atoms with Gasteiger partial charge in [0.05, 0.1) is 4.87 Å². The van der Waals surface area contributed by atoms with Crippen LogP contribution >= 0.6 is 11.8 Å². The summed E-state index contributed by atoms with van der Waals surface area (Å²) in [4.78, 5) is 27.8. The first-order valence-electron chi connectivity index (χ1n) is 8.15. The zero-order valence-electron chi connectivity index (χ0n) is 14.4. The summed E-state index contributed by atoms with van der Waals surface area (Å²) in [6, 6.07) is 4.91. The largest absolute Gasteiger partial charge is 0.573 e. The Labute approximate surface area is 153 Å². The summed E-state index contributed by atoms with van der Waals surface area (Å²) in [5.41, 5.74) is 0.677. The molecule has 2 aliphatic rings. The lowest BCUT2D eigenvalue weighted by Crippen LogP contribution is -2.50. The lowest BCUT2D eigenvalue weighted by atomic mass is 10.1. The Kier molecular flexibility index (Phi) is 4.85. The summed E-state index contributed by atoms with van der Waals surface area (Å²) in [6.45, 7) is 2.22. The van der Waals surface area contributed by atoms with Crippen LogP contribution in [0.5, 0.6) is 5.75 Å². The van der Waals surface area contributed by atoms with Crippen LogP contribution < -0.4 is 4.74 Å². The van der Waals surface area contributed by atoms with Gasteiger partial charge in [0, 0.05) is 25.8 Å². The Morgan fingerprint density at radius 2 is 2.04 bits per heavy atom. The van der Waals surface area contributed by atoms with Gasteiger partial charge in [-0.05, 0) is 31.0 Å². The molecule has 2 atom stereocenters. The number of fused-ring (bicyclic) bond motifs is 1. The molecule has 1 aromatic carbocycles. The number of hydrogen-bond donors (Lipinski definition) is 0. The van der Waals surface area contributed by atoms with Crippen molar-refractivity contribution < 1.29 is 27.5 Å². The number of ether oxygens (including phenoxy) is 1. The van der Waals surface area contributed by atoms with E-state index in [1.807, 2.05) is 6.92 Å². The van der Waals surface area contributed by atoms with E-state index < -0.39 is 12.4 Å². The van der Waals surface area contributed by atoms with Gasteiger partial charge in [-0.3, -0.25) is 9.59 Å². The fourth-order valence-corrected chi connectivity index (χ4v) is 4.83. The van der Waals surface area contributed by atoms with E-state index >= 15 is 0 Å². The monoisotopic (exact) mass is 388 g/mol. The number of hydrogen-bond acceptors (Lipinski definition) is 4. The van der Waals surface area contributed by atoms with Crippen molar-refractivity contribution in [2.24, 2.45) is 0 Å². The quantitative estimate of drug-likeness (QED) is 0.796. The summed E-state index contributed by atoms with van der Waals surface area (Å²) in [5, 5.41) is 0. The average molecular weight is 388 g/mol. The highest BCUT2D eigenvalue weighted by molar-refractivity contribution is 8.01. The normalized spacial score (nSPS) is 25.3. The van der Waals surface area contributed by atoms with Gasteiger partial charge in [0.15, 0.2) is 0 Å². The summed E-state index contributed by atoms with van der Waals surface area (Å²) in [5.74, 6) is 0.0925.